The van der Waals surface area contributed by atoms with Crippen LogP contribution < -0.4 is 9.84 Å². The number of nitrogens with zero attached hydrogens (tertiary/aromatic N) is 1. The van der Waals surface area contributed by atoms with E-state index in [-0.39, 0.29) is 25.4 Å². The fourth-order valence-electron chi connectivity index (χ4n) is 4.18. The highest BCUT2D eigenvalue weighted by Crippen LogP contribution is 2.47. The summed E-state index contributed by atoms with van der Waals surface area (Å²) in [6, 6.07) is 24.0. The number of amides is 1. The monoisotopic (exact) mass is 552 g/mol. The minimum Gasteiger partial charge on any atom is -0.459 e. The zero-order valence-corrected chi connectivity index (χ0v) is 22.5. The molecular formula is C29H33N2O7P. The summed E-state index contributed by atoms with van der Waals surface area (Å²) >= 11 is 0. The molecule has 0 spiro atoms. The third-order valence-corrected chi connectivity index (χ3v) is 7.85. The zero-order chi connectivity index (χ0) is 27.5. The molecule has 0 aromatic heterocycles. The summed E-state index contributed by atoms with van der Waals surface area (Å²) in [4.78, 5) is 35.9. The maximum Gasteiger partial charge on any atom is 0.458 e. The molecular weight excluding hydrogens is 519 g/mol. The van der Waals surface area contributed by atoms with Crippen LogP contribution >= 0.6 is 7.75 Å². The van der Waals surface area contributed by atoms with E-state index in [0.717, 1.165) is 30.4 Å². The van der Waals surface area contributed by atoms with Gasteiger partial charge in [0.1, 0.15) is 25.0 Å². The molecule has 1 fully saturated rings. The van der Waals surface area contributed by atoms with Crippen molar-refractivity contribution in [3.63, 3.8) is 0 Å². The predicted octanol–water partition coefficient (Wildman–Crippen LogP) is 5.23. The lowest BCUT2D eigenvalue weighted by molar-refractivity contribution is -0.147. The van der Waals surface area contributed by atoms with Gasteiger partial charge in [0.05, 0.1) is 0 Å². The molecule has 0 aliphatic carbocycles. The Morgan fingerprint density at radius 1 is 0.795 bits per heavy atom. The summed E-state index contributed by atoms with van der Waals surface area (Å²) in [5.74, 6) is -0.366. The first-order chi connectivity index (χ1) is 18.9. The van der Waals surface area contributed by atoms with Crippen LogP contribution in [0.3, 0.4) is 0 Å². The van der Waals surface area contributed by atoms with Crippen molar-refractivity contribution in [3.05, 3.63) is 102 Å². The molecule has 1 aliphatic rings. The summed E-state index contributed by atoms with van der Waals surface area (Å²) in [7, 11) is -3.95. The van der Waals surface area contributed by atoms with Crippen molar-refractivity contribution in [1.82, 2.24) is 9.99 Å². The third kappa shape index (κ3) is 8.96. The molecule has 3 aromatic carbocycles. The topological polar surface area (TPSA) is 114 Å². The predicted molar refractivity (Wildman–Crippen MR) is 146 cm³/mol. The second kappa shape index (κ2) is 13.9. The molecule has 2 atom stereocenters. The SMILES string of the molecule is O=C(N[C@@H](Cc1ccc(OP(=O)(O)N2CCCCC2)cc1)C(=O)OCc1ccccc1)OCc1ccccc1. The van der Waals surface area contributed by atoms with Crippen LogP contribution in [0.15, 0.2) is 84.9 Å². The highest BCUT2D eigenvalue weighted by atomic mass is 31.2. The fraction of sp³-hybridized carbons (Fsp3) is 0.310. The first-order valence-electron chi connectivity index (χ1n) is 12.9. The molecule has 206 valence electrons. The number of carbonyl (C=O) groups is 2. The van der Waals surface area contributed by atoms with Crippen molar-refractivity contribution in [1.29, 1.82) is 0 Å². The smallest absolute Gasteiger partial charge is 0.458 e. The van der Waals surface area contributed by atoms with E-state index < -0.39 is 25.9 Å². The van der Waals surface area contributed by atoms with Crippen LogP contribution in [0.1, 0.15) is 36.0 Å². The summed E-state index contributed by atoms with van der Waals surface area (Å²) < 4.78 is 30.4. The van der Waals surface area contributed by atoms with E-state index >= 15 is 0 Å². The molecule has 1 unspecified atom stereocenters. The van der Waals surface area contributed by atoms with E-state index in [1.807, 2.05) is 60.7 Å². The maximum atomic E-state index is 13.0. The molecule has 3 aromatic rings. The third-order valence-electron chi connectivity index (χ3n) is 6.29. The number of ether oxygens (including phenoxy) is 2. The number of hydrogen-bond acceptors (Lipinski definition) is 6. The van der Waals surface area contributed by atoms with Crippen LogP contribution in [0.5, 0.6) is 5.75 Å². The average Bonchev–Trinajstić information content (AvgIpc) is 2.97. The van der Waals surface area contributed by atoms with Gasteiger partial charge in [-0.1, -0.05) is 79.2 Å². The molecule has 1 heterocycles. The van der Waals surface area contributed by atoms with Crippen molar-refractivity contribution in [2.75, 3.05) is 13.1 Å². The van der Waals surface area contributed by atoms with Crippen LogP contribution in [0.25, 0.3) is 0 Å². The molecule has 1 amide bonds. The largest absolute Gasteiger partial charge is 0.459 e. The van der Waals surface area contributed by atoms with E-state index in [1.165, 1.54) is 4.67 Å². The van der Waals surface area contributed by atoms with Gasteiger partial charge in [-0.3, -0.25) is 0 Å². The number of rotatable bonds is 11. The average molecular weight is 553 g/mol. The first-order valence-corrected chi connectivity index (χ1v) is 14.5. The maximum absolute atomic E-state index is 13.0. The Morgan fingerprint density at radius 2 is 1.36 bits per heavy atom. The summed E-state index contributed by atoms with van der Waals surface area (Å²) in [5, 5.41) is 2.61. The summed E-state index contributed by atoms with van der Waals surface area (Å²) in [6.45, 7) is 1.16. The number of hydrogen-bond donors (Lipinski definition) is 2. The number of carbonyl (C=O) groups excluding carboxylic acids is 2. The quantitative estimate of drug-likeness (QED) is 0.246. The fourth-order valence-corrected chi connectivity index (χ4v) is 5.48. The minimum absolute atomic E-state index is 0.0583. The standard InChI is InChI=1S/C29H33N2O7P/c32-28(36-21-24-10-4-1-5-11-24)27(30-29(33)37-22-25-12-6-2-7-13-25)20-23-14-16-26(17-15-23)38-39(34,35)31-18-8-3-9-19-31/h1-2,4-7,10-17,27H,3,8-9,18-22H2,(H,30,33)(H,34,35)/t27-/m0/s1. The number of nitrogens with one attached hydrogen (secondary N) is 1. The lowest BCUT2D eigenvalue weighted by Gasteiger charge is -2.29. The van der Waals surface area contributed by atoms with Gasteiger partial charge in [-0.2, -0.15) is 4.67 Å². The molecule has 2 N–H and O–H groups in total. The van der Waals surface area contributed by atoms with Gasteiger partial charge in [0.25, 0.3) is 0 Å². The molecule has 10 heteroatoms. The van der Waals surface area contributed by atoms with E-state index in [9.17, 15) is 19.0 Å². The summed E-state index contributed by atoms with van der Waals surface area (Å²) in [5.41, 5.74) is 2.33. The van der Waals surface area contributed by atoms with Gasteiger partial charge < -0.3 is 24.2 Å². The lowest BCUT2D eigenvalue weighted by atomic mass is 10.1. The zero-order valence-electron chi connectivity index (χ0n) is 21.6. The van der Waals surface area contributed by atoms with Gasteiger partial charge in [-0.05, 0) is 41.7 Å². The van der Waals surface area contributed by atoms with Crippen LogP contribution in [-0.4, -0.2) is 40.8 Å². The molecule has 1 aliphatic heterocycles. The molecule has 0 saturated carbocycles. The van der Waals surface area contributed by atoms with E-state index in [1.54, 1.807) is 24.3 Å². The number of piperidine rings is 1. The highest BCUT2D eigenvalue weighted by Gasteiger charge is 2.32. The molecule has 9 nitrogen and oxygen atoms in total. The Morgan fingerprint density at radius 3 is 1.95 bits per heavy atom. The summed E-state index contributed by atoms with van der Waals surface area (Å²) in [6.07, 6.45) is 2.12. The van der Waals surface area contributed by atoms with Crippen LogP contribution in [0.2, 0.25) is 0 Å². The Labute approximate surface area is 228 Å². The Bertz CT molecular complexity index is 1250. The molecule has 0 bridgehead atoms. The second-order valence-corrected chi connectivity index (χ2v) is 11.0. The van der Waals surface area contributed by atoms with Crippen molar-refractivity contribution in [2.24, 2.45) is 0 Å². The van der Waals surface area contributed by atoms with E-state index in [4.69, 9.17) is 14.0 Å². The Kier molecular flexibility index (Phi) is 10.1. The minimum atomic E-state index is -3.95. The Hall–Kier alpha value is -3.65. The number of benzene rings is 3. The van der Waals surface area contributed by atoms with Gasteiger partial charge >= 0.3 is 19.8 Å². The van der Waals surface area contributed by atoms with Crippen molar-refractivity contribution >= 4 is 19.8 Å². The molecule has 39 heavy (non-hydrogen) atoms. The first kappa shape index (κ1) is 28.4. The highest BCUT2D eigenvalue weighted by molar-refractivity contribution is 7.50. The van der Waals surface area contributed by atoms with Crippen LogP contribution in [0, 0.1) is 0 Å². The van der Waals surface area contributed by atoms with E-state index in [0.29, 0.717) is 18.7 Å². The van der Waals surface area contributed by atoms with Gasteiger partial charge in [0.2, 0.25) is 0 Å². The number of alkyl carbamates (subject to hydrolysis) is 1. The normalized spacial score (nSPS) is 15.9. The van der Waals surface area contributed by atoms with Crippen molar-refractivity contribution in [2.45, 2.75) is 44.9 Å². The van der Waals surface area contributed by atoms with Crippen molar-refractivity contribution in [3.8, 4) is 5.75 Å². The molecule has 4 rings (SSSR count). The van der Waals surface area contributed by atoms with Gasteiger partial charge in [-0.15, -0.1) is 0 Å². The van der Waals surface area contributed by atoms with Crippen LogP contribution in [0.4, 0.5) is 4.79 Å². The number of esters is 1. The van der Waals surface area contributed by atoms with Gasteiger partial charge in [0.15, 0.2) is 0 Å². The van der Waals surface area contributed by atoms with Gasteiger partial charge in [-0.25, -0.2) is 14.2 Å². The Balaban J connectivity index is 1.39. The molecule has 0 radical (unpaired) electrons. The van der Waals surface area contributed by atoms with E-state index in [2.05, 4.69) is 5.32 Å². The van der Waals surface area contributed by atoms with Crippen LogP contribution in [-0.2, 0) is 38.5 Å². The van der Waals surface area contributed by atoms with Crippen molar-refractivity contribution < 1.29 is 33.0 Å². The lowest BCUT2D eigenvalue weighted by Crippen LogP contribution is -2.43. The van der Waals surface area contributed by atoms with Gasteiger partial charge in [0, 0.05) is 19.5 Å². The molecule has 1 saturated heterocycles. The second-order valence-electron chi connectivity index (χ2n) is 9.30.